The average Bonchev–Trinajstić information content (AvgIpc) is 3.46. The van der Waals surface area contributed by atoms with Gasteiger partial charge in [-0.25, -0.2) is 9.59 Å². The molecule has 0 aliphatic carbocycles. The molecule has 0 radical (unpaired) electrons. The van der Waals surface area contributed by atoms with Crippen molar-refractivity contribution in [1.82, 2.24) is 14.8 Å². The van der Waals surface area contributed by atoms with Crippen LogP contribution in [0.25, 0.3) is 0 Å². The largest absolute Gasteiger partial charge is 0.490 e. The number of aliphatic carboxylic acids is 2. The molecule has 4 heterocycles. The summed E-state index contributed by atoms with van der Waals surface area (Å²) in [4.78, 5) is 40.6. The highest BCUT2D eigenvalue weighted by Crippen LogP contribution is 2.33. The van der Waals surface area contributed by atoms with Gasteiger partial charge in [-0.3, -0.25) is 14.7 Å². The number of rotatable bonds is 4. The van der Waals surface area contributed by atoms with E-state index in [0.717, 1.165) is 38.2 Å². The smallest absolute Gasteiger partial charge is 0.475 e. The Kier molecular flexibility index (Phi) is 10.4. The molecule has 0 bridgehead atoms. The number of aromatic nitrogens is 1. The van der Waals surface area contributed by atoms with Gasteiger partial charge < -0.3 is 15.1 Å². The fourth-order valence-electron chi connectivity index (χ4n) is 3.82. The maximum absolute atomic E-state index is 12.8. The fraction of sp³-hybridized carbons (Fsp3) is 0.455. The Morgan fingerprint density at radius 1 is 1.00 bits per heavy atom. The minimum atomic E-state index is -5.08. The Morgan fingerprint density at radius 2 is 1.62 bits per heavy atom. The van der Waals surface area contributed by atoms with Gasteiger partial charge in [0.2, 0.25) is 5.91 Å². The molecule has 2 N–H and O–H groups in total. The quantitative estimate of drug-likeness (QED) is 0.551. The molecule has 2 saturated heterocycles. The molecule has 2 aromatic rings. The minimum absolute atomic E-state index is 0.181. The Balaban J connectivity index is 0.000000286. The van der Waals surface area contributed by atoms with Crippen LogP contribution in [0, 0.1) is 11.8 Å². The maximum atomic E-state index is 12.8. The SMILES string of the molecule is O=C(O)C(F)(F)F.O=C(O)C(F)(F)F.O=C1C2CN(Cc3cccs3)CC2CCN1Cc1cccnc1. The summed E-state index contributed by atoms with van der Waals surface area (Å²) in [6.45, 7) is 4.53. The van der Waals surface area contributed by atoms with Gasteiger partial charge in [0.15, 0.2) is 0 Å². The number of carbonyl (C=O) groups excluding carboxylic acids is 1. The number of halogens is 6. The first kappa shape index (κ1) is 30.0. The number of amides is 1. The molecule has 2 atom stereocenters. The minimum Gasteiger partial charge on any atom is -0.475 e. The highest BCUT2D eigenvalue weighted by atomic mass is 32.1. The summed E-state index contributed by atoms with van der Waals surface area (Å²) in [5.74, 6) is -4.47. The number of alkyl halides is 6. The van der Waals surface area contributed by atoms with Gasteiger partial charge in [0.05, 0.1) is 5.92 Å². The zero-order valence-electron chi connectivity index (χ0n) is 19.1. The van der Waals surface area contributed by atoms with E-state index < -0.39 is 24.3 Å². The lowest BCUT2D eigenvalue weighted by molar-refractivity contribution is -0.193. The van der Waals surface area contributed by atoms with Gasteiger partial charge in [-0.05, 0) is 35.4 Å². The maximum Gasteiger partial charge on any atom is 0.490 e. The van der Waals surface area contributed by atoms with Gasteiger partial charge in [0.1, 0.15) is 0 Å². The van der Waals surface area contributed by atoms with Crippen molar-refractivity contribution in [2.24, 2.45) is 11.8 Å². The zero-order valence-corrected chi connectivity index (χ0v) is 19.9. The fourth-order valence-corrected chi connectivity index (χ4v) is 4.57. The van der Waals surface area contributed by atoms with Crippen molar-refractivity contribution < 1.29 is 50.9 Å². The third-order valence-electron chi connectivity index (χ3n) is 5.46. The summed E-state index contributed by atoms with van der Waals surface area (Å²) in [7, 11) is 0. The predicted molar refractivity (Wildman–Crippen MR) is 118 cm³/mol. The van der Waals surface area contributed by atoms with Crippen molar-refractivity contribution in [1.29, 1.82) is 0 Å². The molecule has 0 saturated carbocycles. The molecule has 8 nitrogen and oxygen atoms in total. The van der Waals surface area contributed by atoms with E-state index in [1.165, 1.54) is 4.88 Å². The monoisotopic (exact) mass is 555 g/mol. The van der Waals surface area contributed by atoms with Crippen molar-refractivity contribution >= 4 is 29.2 Å². The Labute approximate surface area is 211 Å². The molecule has 2 aliphatic rings. The number of piperidine rings is 1. The lowest BCUT2D eigenvalue weighted by Crippen LogP contribution is -2.44. The summed E-state index contributed by atoms with van der Waals surface area (Å²) in [5, 5.41) is 16.4. The van der Waals surface area contributed by atoms with E-state index in [9.17, 15) is 31.1 Å². The summed E-state index contributed by atoms with van der Waals surface area (Å²) < 4.78 is 63.5. The summed E-state index contributed by atoms with van der Waals surface area (Å²) >= 11 is 1.80. The number of likely N-dealkylation sites (tertiary alicyclic amines) is 2. The molecule has 204 valence electrons. The molecule has 0 spiro atoms. The van der Waals surface area contributed by atoms with Gasteiger partial charge in [-0.15, -0.1) is 11.3 Å². The normalized spacial score (nSPS) is 19.7. The standard InChI is InChI=1S/C18H21N3OS.2C2HF3O2/c22-18-17-13-20(12-16-4-2-8-23-16)11-15(17)5-7-21(18)10-14-3-1-6-19-9-14;2*3-2(4,5)1(6)7/h1-4,6,8-9,15,17H,5,7,10-13H2;2*(H,6,7). The summed E-state index contributed by atoms with van der Waals surface area (Å²) in [6, 6.07) is 8.27. The first-order valence-corrected chi connectivity index (χ1v) is 11.6. The highest BCUT2D eigenvalue weighted by Gasteiger charge is 2.42. The van der Waals surface area contributed by atoms with Gasteiger partial charge in [0.25, 0.3) is 0 Å². The van der Waals surface area contributed by atoms with Crippen LogP contribution < -0.4 is 0 Å². The van der Waals surface area contributed by atoms with Crippen LogP contribution in [0.1, 0.15) is 16.9 Å². The topological polar surface area (TPSA) is 111 Å². The van der Waals surface area contributed by atoms with Gasteiger partial charge in [-0.1, -0.05) is 12.1 Å². The van der Waals surface area contributed by atoms with Crippen LogP contribution in [0.3, 0.4) is 0 Å². The van der Waals surface area contributed by atoms with E-state index in [0.29, 0.717) is 18.4 Å². The number of carboxylic acids is 2. The molecule has 37 heavy (non-hydrogen) atoms. The molecule has 4 rings (SSSR count). The van der Waals surface area contributed by atoms with Gasteiger partial charge in [-0.2, -0.15) is 26.3 Å². The number of fused-ring (bicyclic) bond motifs is 1. The molecule has 2 fully saturated rings. The first-order valence-electron chi connectivity index (χ1n) is 10.7. The van der Waals surface area contributed by atoms with E-state index in [1.807, 2.05) is 23.2 Å². The van der Waals surface area contributed by atoms with Crippen molar-refractivity contribution in [2.75, 3.05) is 19.6 Å². The van der Waals surface area contributed by atoms with Crippen molar-refractivity contribution in [3.8, 4) is 0 Å². The molecular formula is C22H23F6N3O5S. The third kappa shape index (κ3) is 9.64. The van der Waals surface area contributed by atoms with Gasteiger partial charge >= 0.3 is 24.3 Å². The first-order chi connectivity index (χ1) is 17.2. The van der Waals surface area contributed by atoms with Crippen LogP contribution in [0.5, 0.6) is 0 Å². The number of carboxylic acid groups (broad SMARTS) is 2. The van der Waals surface area contributed by atoms with Crippen molar-refractivity contribution in [2.45, 2.75) is 31.9 Å². The molecular weight excluding hydrogens is 532 g/mol. The van der Waals surface area contributed by atoms with Crippen LogP contribution >= 0.6 is 11.3 Å². The third-order valence-corrected chi connectivity index (χ3v) is 6.32. The van der Waals surface area contributed by atoms with E-state index in [2.05, 4.69) is 27.4 Å². The lowest BCUT2D eigenvalue weighted by atomic mass is 9.88. The van der Waals surface area contributed by atoms with Crippen LogP contribution in [0.4, 0.5) is 26.3 Å². The van der Waals surface area contributed by atoms with E-state index in [1.54, 1.807) is 17.5 Å². The number of thiophene rings is 1. The lowest BCUT2D eigenvalue weighted by Gasteiger charge is -2.33. The Hall–Kier alpha value is -3.20. The number of nitrogens with zero attached hydrogens (tertiary/aromatic N) is 3. The van der Waals surface area contributed by atoms with E-state index in [4.69, 9.17) is 19.8 Å². The highest BCUT2D eigenvalue weighted by molar-refractivity contribution is 7.09. The Morgan fingerprint density at radius 3 is 2.11 bits per heavy atom. The van der Waals surface area contributed by atoms with Crippen LogP contribution in [-0.2, 0) is 27.5 Å². The summed E-state index contributed by atoms with van der Waals surface area (Å²) in [5.41, 5.74) is 1.12. The molecule has 2 aliphatic heterocycles. The van der Waals surface area contributed by atoms with E-state index >= 15 is 0 Å². The van der Waals surface area contributed by atoms with Crippen LogP contribution in [-0.4, -0.2) is 74.8 Å². The zero-order chi connectivity index (χ0) is 27.8. The Bertz CT molecular complexity index is 1010. The second-order valence-electron chi connectivity index (χ2n) is 8.16. The number of pyridine rings is 1. The average molecular weight is 555 g/mol. The second kappa shape index (κ2) is 12.9. The van der Waals surface area contributed by atoms with E-state index in [-0.39, 0.29) is 5.92 Å². The molecule has 2 aromatic heterocycles. The van der Waals surface area contributed by atoms with Crippen molar-refractivity contribution in [3.63, 3.8) is 0 Å². The molecule has 1 amide bonds. The van der Waals surface area contributed by atoms with Crippen LogP contribution in [0.15, 0.2) is 42.0 Å². The van der Waals surface area contributed by atoms with Crippen LogP contribution in [0.2, 0.25) is 0 Å². The van der Waals surface area contributed by atoms with Gasteiger partial charge in [0, 0.05) is 50.0 Å². The summed E-state index contributed by atoms with van der Waals surface area (Å²) in [6.07, 6.45) is -5.41. The molecule has 2 unspecified atom stereocenters. The molecule has 0 aromatic carbocycles. The van der Waals surface area contributed by atoms with Crippen molar-refractivity contribution in [3.05, 3.63) is 52.5 Å². The molecule has 15 heteroatoms. The second-order valence-corrected chi connectivity index (χ2v) is 9.19. The number of hydrogen-bond acceptors (Lipinski definition) is 6. The number of carbonyl (C=O) groups is 3. The number of hydrogen-bond donors (Lipinski definition) is 2. The predicted octanol–water partition coefficient (Wildman–Crippen LogP) is 3.89.